The Morgan fingerprint density at radius 1 is 1.16 bits per heavy atom. The van der Waals surface area contributed by atoms with E-state index in [1.807, 2.05) is 43.5 Å². The van der Waals surface area contributed by atoms with E-state index in [0.717, 1.165) is 28.1 Å². The third-order valence-electron chi connectivity index (χ3n) is 3.17. The molecule has 3 heteroatoms. The molecule has 19 heavy (non-hydrogen) atoms. The van der Waals surface area contributed by atoms with Gasteiger partial charge in [-0.2, -0.15) is 0 Å². The summed E-state index contributed by atoms with van der Waals surface area (Å²) in [7, 11) is 0. The minimum atomic E-state index is 0.108. The van der Waals surface area contributed by atoms with Gasteiger partial charge in [0.2, 0.25) is 0 Å². The van der Waals surface area contributed by atoms with Gasteiger partial charge < -0.3 is 9.73 Å². The number of aryl methyl sites for hydroxylation is 1. The predicted octanol–water partition coefficient (Wildman–Crippen LogP) is 4.31. The number of hydrogen-bond donors (Lipinski definition) is 1. The number of nitrogens with one attached hydrogen (secondary N) is 1. The van der Waals surface area contributed by atoms with Crippen LogP contribution in [0.1, 0.15) is 24.4 Å². The second-order valence-corrected chi connectivity index (χ2v) is 4.74. The first-order valence-corrected chi connectivity index (χ1v) is 6.40. The number of nitrogens with zero attached hydrogens (tertiary/aromatic N) is 1. The summed E-state index contributed by atoms with van der Waals surface area (Å²) in [5.74, 6) is 0.932. The summed E-state index contributed by atoms with van der Waals surface area (Å²) in [6, 6.07) is 14.3. The summed E-state index contributed by atoms with van der Waals surface area (Å²) in [6.07, 6.45) is 1.84. The van der Waals surface area contributed by atoms with E-state index >= 15 is 0 Å². The molecule has 0 aliphatic heterocycles. The molecular formula is C16H16N2O. The molecule has 0 amide bonds. The summed E-state index contributed by atoms with van der Waals surface area (Å²) in [5.41, 5.74) is 2.94. The van der Waals surface area contributed by atoms with Gasteiger partial charge in [-0.25, -0.2) is 0 Å². The van der Waals surface area contributed by atoms with Crippen molar-refractivity contribution in [2.45, 2.75) is 19.9 Å². The number of rotatable bonds is 3. The van der Waals surface area contributed by atoms with E-state index in [0.29, 0.717) is 0 Å². The van der Waals surface area contributed by atoms with Crippen LogP contribution in [-0.4, -0.2) is 4.98 Å². The lowest BCUT2D eigenvalue weighted by Crippen LogP contribution is -2.05. The number of furan rings is 1. The van der Waals surface area contributed by atoms with Crippen molar-refractivity contribution in [3.63, 3.8) is 0 Å². The Morgan fingerprint density at radius 3 is 2.74 bits per heavy atom. The third-order valence-corrected chi connectivity index (χ3v) is 3.17. The van der Waals surface area contributed by atoms with Crippen molar-refractivity contribution in [2.75, 3.05) is 5.32 Å². The van der Waals surface area contributed by atoms with Crippen molar-refractivity contribution in [3.8, 4) is 0 Å². The lowest BCUT2D eigenvalue weighted by molar-refractivity contribution is 0.526. The van der Waals surface area contributed by atoms with Gasteiger partial charge in [-0.3, -0.25) is 4.98 Å². The van der Waals surface area contributed by atoms with Crippen LogP contribution in [0.5, 0.6) is 0 Å². The van der Waals surface area contributed by atoms with Crippen LogP contribution in [0, 0.1) is 6.92 Å². The van der Waals surface area contributed by atoms with Crippen molar-refractivity contribution in [1.82, 2.24) is 4.98 Å². The first-order valence-electron chi connectivity index (χ1n) is 6.40. The molecule has 1 unspecified atom stereocenters. The zero-order valence-electron chi connectivity index (χ0n) is 11.1. The van der Waals surface area contributed by atoms with Gasteiger partial charge in [0.25, 0.3) is 0 Å². The second-order valence-electron chi connectivity index (χ2n) is 4.74. The molecule has 2 heterocycles. The number of fused-ring (bicyclic) bond motifs is 1. The van der Waals surface area contributed by atoms with Crippen LogP contribution in [-0.2, 0) is 0 Å². The quantitative estimate of drug-likeness (QED) is 0.754. The maximum atomic E-state index is 5.84. The largest absolute Gasteiger partial charge is 0.459 e. The van der Waals surface area contributed by atoms with Crippen molar-refractivity contribution in [3.05, 3.63) is 60.1 Å². The van der Waals surface area contributed by atoms with Crippen LogP contribution in [0.15, 0.2) is 53.1 Å². The van der Waals surface area contributed by atoms with Crippen LogP contribution < -0.4 is 5.32 Å². The molecule has 96 valence electrons. The number of benzene rings is 1. The molecule has 1 aromatic carbocycles. The minimum Gasteiger partial charge on any atom is -0.459 e. The molecule has 0 aliphatic rings. The zero-order valence-corrected chi connectivity index (χ0v) is 11.1. The fraction of sp³-hybridized carbons (Fsp3) is 0.188. The van der Waals surface area contributed by atoms with Crippen LogP contribution in [0.3, 0.4) is 0 Å². The first kappa shape index (κ1) is 11.8. The topological polar surface area (TPSA) is 38.1 Å². The van der Waals surface area contributed by atoms with Gasteiger partial charge in [-0.1, -0.05) is 18.2 Å². The Hall–Kier alpha value is -2.29. The second kappa shape index (κ2) is 4.76. The minimum absolute atomic E-state index is 0.108. The first-order chi connectivity index (χ1) is 9.22. The average molecular weight is 252 g/mol. The Labute approximate surface area is 112 Å². The van der Waals surface area contributed by atoms with E-state index in [1.54, 1.807) is 0 Å². The molecule has 0 spiro atoms. The molecule has 0 fully saturated rings. The summed E-state index contributed by atoms with van der Waals surface area (Å²) >= 11 is 0. The highest BCUT2D eigenvalue weighted by Crippen LogP contribution is 2.25. The van der Waals surface area contributed by atoms with Gasteiger partial charge in [-0.05, 0) is 38.1 Å². The van der Waals surface area contributed by atoms with Gasteiger partial charge >= 0.3 is 0 Å². The fourth-order valence-corrected chi connectivity index (χ4v) is 2.09. The monoisotopic (exact) mass is 252 g/mol. The normalized spacial score (nSPS) is 12.5. The molecule has 3 aromatic rings. The van der Waals surface area contributed by atoms with Crippen LogP contribution in [0.2, 0.25) is 0 Å². The van der Waals surface area contributed by atoms with E-state index in [-0.39, 0.29) is 6.04 Å². The number of para-hydroxylation sites is 1. The van der Waals surface area contributed by atoms with Crippen molar-refractivity contribution in [2.24, 2.45) is 0 Å². The zero-order chi connectivity index (χ0) is 13.2. The molecule has 0 aliphatic carbocycles. The molecular weight excluding hydrogens is 236 g/mol. The molecule has 3 rings (SSSR count). The van der Waals surface area contributed by atoms with E-state index in [4.69, 9.17) is 4.42 Å². The predicted molar refractivity (Wildman–Crippen MR) is 77.2 cm³/mol. The summed E-state index contributed by atoms with van der Waals surface area (Å²) in [6.45, 7) is 4.06. The van der Waals surface area contributed by atoms with Crippen LogP contribution in [0.4, 0.5) is 5.69 Å². The molecule has 1 N–H and O–H groups in total. The highest BCUT2D eigenvalue weighted by molar-refractivity contribution is 5.77. The van der Waals surface area contributed by atoms with E-state index < -0.39 is 0 Å². The summed E-state index contributed by atoms with van der Waals surface area (Å²) in [4.78, 5) is 4.28. The van der Waals surface area contributed by atoms with Gasteiger partial charge in [0.1, 0.15) is 11.3 Å². The van der Waals surface area contributed by atoms with E-state index in [2.05, 4.69) is 29.4 Å². The molecule has 1 atom stereocenters. The molecule has 0 bridgehead atoms. The highest BCUT2D eigenvalue weighted by Gasteiger charge is 2.11. The lowest BCUT2D eigenvalue weighted by Gasteiger charge is -2.12. The molecule has 2 aromatic heterocycles. The standard InChI is InChI=1S/C16H16N2O/c1-11-7-8-14(10-17-11)18-12(2)16-9-13-5-3-4-6-15(13)19-16/h3-10,12,18H,1-2H3. The maximum Gasteiger partial charge on any atom is 0.134 e. The Bertz CT molecular complexity index is 652. The highest BCUT2D eigenvalue weighted by atomic mass is 16.3. The smallest absolute Gasteiger partial charge is 0.134 e. The number of aromatic nitrogens is 1. The van der Waals surface area contributed by atoms with Gasteiger partial charge in [0, 0.05) is 11.1 Å². The average Bonchev–Trinajstić information content (AvgIpc) is 2.85. The summed E-state index contributed by atoms with van der Waals surface area (Å²) < 4.78 is 5.84. The van der Waals surface area contributed by atoms with Crippen molar-refractivity contribution in [1.29, 1.82) is 0 Å². The van der Waals surface area contributed by atoms with E-state index in [1.165, 1.54) is 0 Å². The molecule has 0 saturated carbocycles. The molecule has 0 saturated heterocycles. The Morgan fingerprint density at radius 2 is 2.00 bits per heavy atom. The third kappa shape index (κ3) is 2.45. The number of hydrogen-bond acceptors (Lipinski definition) is 3. The number of pyridine rings is 1. The van der Waals surface area contributed by atoms with Crippen molar-refractivity contribution < 1.29 is 4.42 Å². The van der Waals surface area contributed by atoms with Crippen LogP contribution >= 0.6 is 0 Å². The molecule has 0 radical (unpaired) electrons. The maximum absolute atomic E-state index is 5.84. The van der Waals surface area contributed by atoms with Crippen LogP contribution in [0.25, 0.3) is 11.0 Å². The molecule has 3 nitrogen and oxygen atoms in total. The Kier molecular flexibility index (Phi) is 2.95. The lowest BCUT2D eigenvalue weighted by atomic mass is 10.2. The Balaban J connectivity index is 1.83. The van der Waals surface area contributed by atoms with Gasteiger partial charge in [-0.15, -0.1) is 0 Å². The van der Waals surface area contributed by atoms with Gasteiger partial charge in [0.15, 0.2) is 0 Å². The summed E-state index contributed by atoms with van der Waals surface area (Å²) in [5, 5.41) is 4.52. The van der Waals surface area contributed by atoms with Gasteiger partial charge in [0.05, 0.1) is 17.9 Å². The van der Waals surface area contributed by atoms with Crippen molar-refractivity contribution >= 4 is 16.7 Å². The number of anilines is 1. The van der Waals surface area contributed by atoms with E-state index in [9.17, 15) is 0 Å². The SMILES string of the molecule is Cc1ccc(NC(C)c2cc3ccccc3o2)cn1. The fourth-order valence-electron chi connectivity index (χ4n) is 2.09.